The first-order chi connectivity index (χ1) is 16.4. The van der Waals surface area contributed by atoms with Gasteiger partial charge < -0.3 is 35.9 Å². The number of ether oxygens (including phenoxy) is 3. The predicted molar refractivity (Wildman–Crippen MR) is 126 cm³/mol. The number of carbonyl (C=O) groups excluding carboxylic acids is 3. The highest BCUT2D eigenvalue weighted by molar-refractivity contribution is 8.00. The molecule has 1 fully saturated rings. The molecule has 2 aliphatic rings. The Bertz CT molecular complexity index is 1070. The average molecular weight is 488 g/mol. The molecule has 0 bridgehead atoms. The van der Waals surface area contributed by atoms with Crippen LogP contribution in [0, 0.1) is 0 Å². The van der Waals surface area contributed by atoms with Gasteiger partial charge in [0.2, 0.25) is 11.8 Å². The highest BCUT2D eigenvalue weighted by Gasteiger charge is 2.35. The maximum absolute atomic E-state index is 12.5. The fourth-order valence-electron chi connectivity index (χ4n) is 3.38. The number of fused-ring (bicyclic) bond motifs is 1. The molecule has 2 aliphatic heterocycles. The largest absolute Gasteiger partial charge is 0.497 e. The van der Waals surface area contributed by atoms with E-state index >= 15 is 0 Å². The maximum atomic E-state index is 12.5. The lowest BCUT2D eigenvalue weighted by atomic mass is 10.1. The third-order valence-corrected chi connectivity index (χ3v) is 6.12. The number of hydrogen-bond acceptors (Lipinski definition) is 9. The van der Waals surface area contributed by atoms with Crippen molar-refractivity contribution in [2.24, 2.45) is 5.73 Å². The zero-order valence-corrected chi connectivity index (χ0v) is 19.1. The molecule has 2 heterocycles. The summed E-state index contributed by atoms with van der Waals surface area (Å²) in [6.45, 7) is 0.943. The number of thioether (sulfide) groups is 1. The minimum atomic E-state index is -0.974. The second kappa shape index (κ2) is 10.6. The molecule has 4 rings (SSSR count). The normalized spacial score (nSPS) is 21.2. The van der Waals surface area contributed by atoms with Crippen molar-refractivity contribution in [1.29, 1.82) is 0 Å². The van der Waals surface area contributed by atoms with E-state index in [1.807, 2.05) is 0 Å². The molecule has 2 aromatic carbocycles. The Hall–Kier alpha value is -3.48. The summed E-state index contributed by atoms with van der Waals surface area (Å²) in [6, 6.07) is 10.7. The number of amides is 3. The van der Waals surface area contributed by atoms with Crippen LogP contribution in [-0.4, -0.2) is 61.5 Å². The smallest absolute Gasteiger partial charge is 0.252 e. The molecule has 3 amide bonds. The van der Waals surface area contributed by atoms with Crippen LogP contribution in [0.25, 0.3) is 0 Å². The van der Waals surface area contributed by atoms with Crippen LogP contribution in [0.4, 0.5) is 5.69 Å². The van der Waals surface area contributed by atoms with Crippen LogP contribution >= 0.6 is 11.8 Å². The van der Waals surface area contributed by atoms with E-state index in [4.69, 9.17) is 19.9 Å². The SMILES string of the molecule is COc1ccc(C(=O)NC2C(=O)NC(SCC(=O)Nc3ccc4c(c3)OCCO4)NC2N)cc1. The van der Waals surface area contributed by atoms with E-state index in [0.717, 1.165) is 11.8 Å². The van der Waals surface area contributed by atoms with Crippen LogP contribution in [0.3, 0.4) is 0 Å². The molecule has 3 unspecified atom stereocenters. The number of anilines is 1. The predicted octanol–water partition coefficient (Wildman–Crippen LogP) is 0.225. The summed E-state index contributed by atoms with van der Waals surface area (Å²) in [5.41, 5.74) is 6.43. The average Bonchev–Trinajstić information content (AvgIpc) is 2.85. The van der Waals surface area contributed by atoms with E-state index in [-0.39, 0.29) is 11.7 Å². The van der Waals surface area contributed by atoms with E-state index in [1.165, 1.54) is 7.11 Å². The number of nitrogens with two attached hydrogens (primary N) is 1. The highest BCUT2D eigenvalue weighted by Crippen LogP contribution is 2.32. The number of rotatable bonds is 7. The van der Waals surface area contributed by atoms with E-state index in [1.54, 1.807) is 42.5 Å². The number of nitrogens with one attached hydrogen (secondary N) is 4. The van der Waals surface area contributed by atoms with Crippen LogP contribution in [0.15, 0.2) is 42.5 Å². The number of hydrogen-bond donors (Lipinski definition) is 5. The number of methoxy groups -OCH3 is 1. The van der Waals surface area contributed by atoms with Gasteiger partial charge in [-0.1, -0.05) is 0 Å². The quantitative estimate of drug-likeness (QED) is 0.369. The Kier molecular flexibility index (Phi) is 7.40. The van der Waals surface area contributed by atoms with Crippen molar-refractivity contribution in [2.75, 3.05) is 31.4 Å². The topological polar surface area (TPSA) is 153 Å². The summed E-state index contributed by atoms with van der Waals surface area (Å²) in [7, 11) is 1.53. The fraction of sp³-hybridized carbons (Fsp3) is 0.318. The Morgan fingerprint density at radius 2 is 1.88 bits per heavy atom. The van der Waals surface area contributed by atoms with Gasteiger partial charge in [-0.15, -0.1) is 11.8 Å². The second-order valence-electron chi connectivity index (χ2n) is 7.48. The number of carbonyl (C=O) groups is 3. The molecule has 6 N–H and O–H groups in total. The molecule has 3 atom stereocenters. The van der Waals surface area contributed by atoms with Crippen LogP contribution < -0.4 is 41.2 Å². The third kappa shape index (κ3) is 5.71. The van der Waals surface area contributed by atoms with Crippen molar-refractivity contribution in [3.8, 4) is 17.2 Å². The van der Waals surface area contributed by atoms with Crippen molar-refractivity contribution in [3.05, 3.63) is 48.0 Å². The standard InChI is InChI=1S/C22H25N5O6S/c1-31-14-5-2-12(3-6-14)20(29)25-18-19(23)26-22(27-21(18)30)34-11-17(28)24-13-4-7-15-16(10-13)33-9-8-32-15/h2-7,10,18-19,22,26H,8-9,11,23H2,1H3,(H,24,28)(H,25,29)(H,27,30). The molecule has 0 aliphatic carbocycles. The van der Waals surface area contributed by atoms with Crippen LogP contribution in [0.1, 0.15) is 10.4 Å². The lowest BCUT2D eigenvalue weighted by molar-refractivity contribution is -0.125. The van der Waals surface area contributed by atoms with Gasteiger partial charge in [0, 0.05) is 17.3 Å². The minimum absolute atomic E-state index is 0.0575. The van der Waals surface area contributed by atoms with Crippen LogP contribution in [0.5, 0.6) is 17.2 Å². The molecule has 34 heavy (non-hydrogen) atoms. The van der Waals surface area contributed by atoms with Crippen molar-refractivity contribution in [2.45, 2.75) is 17.7 Å². The van der Waals surface area contributed by atoms with Gasteiger partial charge in [0.15, 0.2) is 11.5 Å². The molecule has 0 saturated carbocycles. The third-order valence-electron chi connectivity index (χ3n) is 5.10. The molecule has 12 heteroatoms. The van der Waals surface area contributed by atoms with E-state index in [2.05, 4.69) is 21.3 Å². The molecular weight excluding hydrogens is 462 g/mol. The summed E-state index contributed by atoms with van der Waals surface area (Å²) >= 11 is 1.16. The Balaban J connectivity index is 1.25. The summed E-state index contributed by atoms with van der Waals surface area (Å²) < 4.78 is 16.0. The van der Waals surface area contributed by atoms with E-state index < -0.39 is 29.5 Å². The Labute approximate surface area is 200 Å². The van der Waals surface area contributed by atoms with Crippen molar-refractivity contribution >= 4 is 35.2 Å². The van der Waals surface area contributed by atoms with E-state index in [9.17, 15) is 14.4 Å². The van der Waals surface area contributed by atoms with Gasteiger partial charge in [-0.05, 0) is 36.4 Å². The summed E-state index contributed by atoms with van der Waals surface area (Å²) in [4.78, 5) is 37.4. The molecule has 0 aromatic heterocycles. The Morgan fingerprint density at radius 3 is 2.59 bits per heavy atom. The minimum Gasteiger partial charge on any atom is -0.497 e. The van der Waals surface area contributed by atoms with Gasteiger partial charge in [0.1, 0.15) is 30.5 Å². The first-order valence-electron chi connectivity index (χ1n) is 10.5. The van der Waals surface area contributed by atoms with Crippen molar-refractivity contribution in [1.82, 2.24) is 16.0 Å². The van der Waals surface area contributed by atoms with Gasteiger partial charge in [-0.2, -0.15) is 0 Å². The first kappa shape index (κ1) is 23.7. The van der Waals surface area contributed by atoms with Gasteiger partial charge >= 0.3 is 0 Å². The van der Waals surface area contributed by atoms with E-state index in [0.29, 0.717) is 41.7 Å². The van der Waals surface area contributed by atoms with Gasteiger partial charge in [-0.3, -0.25) is 19.7 Å². The molecule has 0 radical (unpaired) electrons. The monoisotopic (exact) mass is 487 g/mol. The van der Waals surface area contributed by atoms with Gasteiger partial charge in [0.05, 0.1) is 19.0 Å². The first-order valence-corrected chi connectivity index (χ1v) is 11.6. The second-order valence-corrected chi connectivity index (χ2v) is 8.57. The highest BCUT2D eigenvalue weighted by atomic mass is 32.2. The molecule has 0 spiro atoms. The number of benzene rings is 2. The maximum Gasteiger partial charge on any atom is 0.252 e. The van der Waals surface area contributed by atoms with Crippen LogP contribution in [0.2, 0.25) is 0 Å². The fourth-order valence-corrected chi connectivity index (χ4v) is 4.23. The van der Waals surface area contributed by atoms with Gasteiger partial charge in [0.25, 0.3) is 5.91 Å². The molecule has 1 saturated heterocycles. The van der Waals surface area contributed by atoms with Crippen molar-refractivity contribution < 1.29 is 28.6 Å². The summed E-state index contributed by atoms with van der Waals surface area (Å²) in [5, 5.41) is 11.1. The summed E-state index contributed by atoms with van der Waals surface area (Å²) in [6.07, 6.45) is -0.839. The molecule has 2 aromatic rings. The van der Waals surface area contributed by atoms with Crippen LogP contribution in [-0.2, 0) is 9.59 Å². The lowest BCUT2D eigenvalue weighted by Crippen LogP contribution is -2.70. The summed E-state index contributed by atoms with van der Waals surface area (Å²) in [5.74, 6) is 0.733. The zero-order valence-electron chi connectivity index (χ0n) is 18.3. The zero-order chi connectivity index (χ0) is 24.1. The molecule has 180 valence electrons. The van der Waals surface area contributed by atoms with Gasteiger partial charge in [-0.25, -0.2) is 0 Å². The Morgan fingerprint density at radius 1 is 1.15 bits per heavy atom. The molecular formula is C22H25N5O6S. The lowest BCUT2D eigenvalue weighted by Gasteiger charge is -2.35. The molecule has 11 nitrogen and oxygen atoms in total. The van der Waals surface area contributed by atoms with Crippen molar-refractivity contribution in [3.63, 3.8) is 0 Å².